The summed E-state index contributed by atoms with van der Waals surface area (Å²) in [5.74, 6) is 3.02. The fourth-order valence-corrected chi connectivity index (χ4v) is 5.67. The number of piperidine rings is 1. The summed E-state index contributed by atoms with van der Waals surface area (Å²) in [7, 11) is 0. The molecule has 210 valence electrons. The topological polar surface area (TPSA) is 92.0 Å². The Morgan fingerprint density at radius 2 is 1.93 bits per heavy atom. The molecule has 2 aromatic carbocycles. The van der Waals surface area contributed by atoms with Crippen molar-refractivity contribution in [3.05, 3.63) is 77.5 Å². The average molecular weight is 568 g/mol. The van der Waals surface area contributed by atoms with Gasteiger partial charge in [-0.2, -0.15) is 0 Å². The highest BCUT2D eigenvalue weighted by molar-refractivity contribution is 8.00. The maximum absolute atomic E-state index is 15.7. The Hall–Kier alpha value is -3.41. The van der Waals surface area contributed by atoms with Gasteiger partial charge in [0, 0.05) is 43.2 Å². The van der Waals surface area contributed by atoms with Crippen molar-refractivity contribution in [3.8, 4) is 11.3 Å². The Morgan fingerprint density at radius 1 is 1.12 bits per heavy atom. The van der Waals surface area contributed by atoms with Gasteiger partial charge in [-0.1, -0.05) is 24.3 Å². The zero-order valence-electron chi connectivity index (χ0n) is 22.4. The molecule has 0 saturated carbocycles. The maximum atomic E-state index is 15.7. The van der Waals surface area contributed by atoms with Gasteiger partial charge in [-0.15, -0.1) is 0 Å². The Kier molecular flexibility index (Phi) is 8.43. The molecule has 4 aromatic rings. The number of fused-ring (bicyclic) bond motifs is 1. The molecule has 4 N–H and O–H groups in total. The monoisotopic (exact) mass is 567 g/mol. The SMILES string of the molecule is Cc1c(F)c(NSCC(C)(F)F)c2ccccc2c1Cc1ncccc1-c1ccnc(N(N)C2CCCNC2)n1. The molecule has 3 heterocycles. The minimum Gasteiger partial charge on any atom is -0.327 e. The van der Waals surface area contributed by atoms with E-state index in [1.807, 2.05) is 30.3 Å². The number of hydrogen-bond acceptors (Lipinski definition) is 8. The molecule has 7 nitrogen and oxygen atoms in total. The van der Waals surface area contributed by atoms with Crippen LogP contribution in [0.4, 0.5) is 24.8 Å². The summed E-state index contributed by atoms with van der Waals surface area (Å²) in [6.07, 6.45) is 5.72. The molecule has 1 unspecified atom stereocenters. The van der Waals surface area contributed by atoms with Crippen LogP contribution in [0.1, 0.15) is 36.6 Å². The van der Waals surface area contributed by atoms with E-state index >= 15 is 4.39 Å². The standard InChI is InChI=1S/C29H32F3N7S/c1-18-23(20-8-3-4-9-21(20)27(26(18)30)38-40-17-29(2,31)32)15-25-22(10-6-13-35-25)24-11-14-36-28(37-24)39(33)19-7-5-12-34-16-19/h3-4,6,8-11,13-14,19,34,38H,5,7,12,15-17,33H2,1-2H3. The van der Waals surface area contributed by atoms with Gasteiger partial charge < -0.3 is 10.0 Å². The summed E-state index contributed by atoms with van der Waals surface area (Å²) in [6.45, 7) is 4.29. The molecule has 0 spiro atoms. The molecule has 0 bridgehead atoms. The number of rotatable bonds is 9. The third-order valence-electron chi connectivity index (χ3n) is 7.07. The summed E-state index contributed by atoms with van der Waals surface area (Å²) < 4.78 is 45.3. The number of alkyl halides is 2. The molecule has 1 saturated heterocycles. The number of benzene rings is 2. The largest absolute Gasteiger partial charge is 0.327 e. The van der Waals surface area contributed by atoms with Crippen LogP contribution in [0, 0.1) is 12.7 Å². The van der Waals surface area contributed by atoms with Crippen LogP contribution in [0.2, 0.25) is 0 Å². The average Bonchev–Trinajstić information content (AvgIpc) is 2.97. The second-order valence-electron chi connectivity index (χ2n) is 10.1. The first-order valence-corrected chi connectivity index (χ1v) is 14.2. The van der Waals surface area contributed by atoms with Crippen molar-refractivity contribution in [2.75, 3.05) is 28.6 Å². The van der Waals surface area contributed by atoms with E-state index in [0.717, 1.165) is 67.0 Å². The van der Waals surface area contributed by atoms with E-state index in [2.05, 4.69) is 20.0 Å². The minimum atomic E-state index is -2.87. The molecule has 1 aliphatic heterocycles. The zero-order chi connectivity index (χ0) is 28.3. The van der Waals surface area contributed by atoms with E-state index < -0.39 is 17.5 Å². The van der Waals surface area contributed by atoms with Crippen LogP contribution in [0.15, 0.2) is 54.9 Å². The van der Waals surface area contributed by atoms with Gasteiger partial charge in [-0.3, -0.25) is 9.99 Å². The molecule has 0 amide bonds. The molecular formula is C29H32F3N7S. The third kappa shape index (κ3) is 6.16. The molecular weight excluding hydrogens is 535 g/mol. The summed E-state index contributed by atoms with van der Waals surface area (Å²) in [6, 6.07) is 13.1. The van der Waals surface area contributed by atoms with E-state index in [1.165, 1.54) is 0 Å². The smallest absolute Gasteiger partial charge is 0.256 e. The predicted octanol–water partition coefficient (Wildman–Crippen LogP) is 5.88. The molecule has 0 aliphatic carbocycles. The van der Waals surface area contributed by atoms with Gasteiger partial charge in [-0.25, -0.2) is 29.0 Å². The van der Waals surface area contributed by atoms with Gasteiger partial charge in [0.05, 0.1) is 28.9 Å². The molecule has 2 aromatic heterocycles. The number of anilines is 2. The summed E-state index contributed by atoms with van der Waals surface area (Å²) in [5, 5.41) is 6.42. The van der Waals surface area contributed by atoms with Gasteiger partial charge in [0.15, 0.2) is 5.82 Å². The van der Waals surface area contributed by atoms with Crippen molar-refractivity contribution in [2.45, 2.75) is 45.1 Å². The molecule has 0 radical (unpaired) electrons. The quantitative estimate of drug-likeness (QED) is 0.131. The van der Waals surface area contributed by atoms with Gasteiger partial charge in [0.25, 0.3) is 5.92 Å². The highest BCUT2D eigenvalue weighted by atomic mass is 32.2. The number of halogens is 3. The van der Waals surface area contributed by atoms with Crippen LogP contribution >= 0.6 is 11.9 Å². The van der Waals surface area contributed by atoms with Crippen LogP contribution < -0.4 is 20.9 Å². The Labute approximate surface area is 235 Å². The van der Waals surface area contributed by atoms with Crippen molar-refractivity contribution in [1.82, 2.24) is 20.3 Å². The van der Waals surface area contributed by atoms with Crippen molar-refractivity contribution >= 4 is 34.4 Å². The second-order valence-corrected chi connectivity index (χ2v) is 10.9. The number of pyridine rings is 1. The number of aromatic nitrogens is 3. The van der Waals surface area contributed by atoms with E-state index in [4.69, 9.17) is 10.8 Å². The first-order valence-electron chi connectivity index (χ1n) is 13.2. The summed E-state index contributed by atoms with van der Waals surface area (Å²) >= 11 is 0.790. The lowest BCUT2D eigenvalue weighted by molar-refractivity contribution is 0.0493. The number of hydrazine groups is 1. The first kappa shape index (κ1) is 28.1. The van der Waals surface area contributed by atoms with Gasteiger partial charge in [0.2, 0.25) is 5.95 Å². The summed E-state index contributed by atoms with van der Waals surface area (Å²) in [4.78, 5) is 13.8. The van der Waals surface area contributed by atoms with Crippen molar-refractivity contribution in [1.29, 1.82) is 0 Å². The molecule has 11 heteroatoms. The maximum Gasteiger partial charge on any atom is 0.256 e. The molecule has 1 aliphatic rings. The normalized spacial score (nSPS) is 15.8. The molecule has 40 heavy (non-hydrogen) atoms. The second kappa shape index (κ2) is 12.0. The van der Waals surface area contributed by atoms with Crippen LogP contribution in [0.5, 0.6) is 0 Å². The van der Waals surface area contributed by atoms with E-state index in [1.54, 1.807) is 36.5 Å². The first-order chi connectivity index (χ1) is 19.2. The molecule has 5 rings (SSSR count). The zero-order valence-corrected chi connectivity index (χ0v) is 23.2. The minimum absolute atomic E-state index is 0.100. The highest BCUT2D eigenvalue weighted by Gasteiger charge is 2.24. The molecule has 1 atom stereocenters. The summed E-state index contributed by atoms with van der Waals surface area (Å²) in [5.41, 5.74) is 3.60. The lowest BCUT2D eigenvalue weighted by Gasteiger charge is -2.31. The number of nitrogens with two attached hydrogens (primary N) is 1. The fourth-order valence-electron chi connectivity index (χ4n) is 5.00. The Bertz CT molecular complexity index is 1490. The van der Waals surface area contributed by atoms with Crippen LogP contribution in [-0.2, 0) is 6.42 Å². The van der Waals surface area contributed by atoms with Crippen LogP contribution in [-0.4, -0.2) is 45.8 Å². The van der Waals surface area contributed by atoms with Gasteiger partial charge in [-0.05, 0) is 73.0 Å². The van der Waals surface area contributed by atoms with E-state index in [0.29, 0.717) is 29.0 Å². The number of nitrogens with zero attached hydrogens (tertiary/aromatic N) is 4. The number of hydrogen-bond donors (Lipinski definition) is 3. The Balaban J connectivity index is 1.49. The van der Waals surface area contributed by atoms with E-state index in [-0.39, 0.29) is 11.7 Å². The Morgan fingerprint density at radius 3 is 2.67 bits per heavy atom. The van der Waals surface area contributed by atoms with Crippen molar-refractivity contribution in [2.24, 2.45) is 5.84 Å². The number of nitrogens with one attached hydrogen (secondary N) is 2. The van der Waals surface area contributed by atoms with Crippen molar-refractivity contribution in [3.63, 3.8) is 0 Å². The van der Waals surface area contributed by atoms with Gasteiger partial charge in [0.1, 0.15) is 0 Å². The van der Waals surface area contributed by atoms with Gasteiger partial charge >= 0.3 is 0 Å². The lowest BCUT2D eigenvalue weighted by Crippen LogP contribution is -2.50. The lowest BCUT2D eigenvalue weighted by atomic mass is 9.92. The van der Waals surface area contributed by atoms with Crippen LogP contribution in [0.25, 0.3) is 22.0 Å². The van der Waals surface area contributed by atoms with E-state index in [9.17, 15) is 8.78 Å². The molecule has 1 fully saturated rings. The van der Waals surface area contributed by atoms with Crippen LogP contribution in [0.3, 0.4) is 0 Å². The predicted molar refractivity (Wildman–Crippen MR) is 156 cm³/mol. The highest BCUT2D eigenvalue weighted by Crippen LogP contribution is 2.37. The van der Waals surface area contributed by atoms with Crippen molar-refractivity contribution < 1.29 is 13.2 Å². The fraction of sp³-hybridized carbons (Fsp3) is 0.345. The third-order valence-corrected chi connectivity index (χ3v) is 8.07.